The first kappa shape index (κ1) is 9.72. The number of hydrogen-bond donors (Lipinski definition) is 1. The van der Waals surface area contributed by atoms with Crippen LogP contribution in [0.3, 0.4) is 0 Å². The monoisotopic (exact) mass is 222 g/mol. The van der Waals surface area contributed by atoms with E-state index in [0.717, 1.165) is 22.0 Å². The predicted octanol–water partition coefficient (Wildman–Crippen LogP) is 2.27. The number of nitrogens with two attached hydrogens (primary N) is 1. The Kier molecular flexibility index (Phi) is 2.19. The van der Waals surface area contributed by atoms with Crippen molar-refractivity contribution in [3.05, 3.63) is 49.1 Å². The highest BCUT2D eigenvalue weighted by Gasteiger charge is 2.06. The molecule has 0 saturated carbocycles. The van der Waals surface area contributed by atoms with Crippen LogP contribution in [0, 0.1) is 0 Å². The van der Waals surface area contributed by atoms with Gasteiger partial charge in [0.25, 0.3) is 0 Å². The van der Waals surface area contributed by atoms with Crippen molar-refractivity contribution in [1.29, 1.82) is 0 Å². The fourth-order valence-corrected chi connectivity index (χ4v) is 1.91. The lowest BCUT2D eigenvalue weighted by Crippen LogP contribution is -1.92. The fraction of sp³-hybridized carbons (Fsp3) is 0. The van der Waals surface area contributed by atoms with E-state index in [1.54, 1.807) is 0 Å². The minimum Gasteiger partial charge on any atom is -0.398 e. The first-order chi connectivity index (χ1) is 8.36. The zero-order valence-electron chi connectivity index (χ0n) is 9.04. The van der Waals surface area contributed by atoms with Crippen LogP contribution in [-0.2, 0) is 0 Å². The second kappa shape index (κ2) is 3.83. The number of rotatable bonds is 1. The van der Waals surface area contributed by atoms with Gasteiger partial charge in [0.1, 0.15) is 12.7 Å². The third-order valence-corrected chi connectivity index (χ3v) is 2.69. The third-order valence-electron chi connectivity index (χ3n) is 2.69. The summed E-state index contributed by atoms with van der Waals surface area (Å²) in [4.78, 5) is 12.2. The van der Waals surface area contributed by atoms with Crippen molar-refractivity contribution in [3.63, 3.8) is 0 Å². The largest absolute Gasteiger partial charge is 0.398 e. The topological polar surface area (TPSA) is 64.7 Å². The van der Waals surface area contributed by atoms with Crippen molar-refractivity contribution in [2.24, 2.45) is 0 Å². The van der Waals surface area contributed by atoms with E-state index in [1.807, 2.05) is 36.4 Å². The van der Waals surface area contributed by atoms with E-state index < -0.39 is 0 Å². The van der Waals surface area contributed by atoms with Gasteiger partial charge in [-0.3, -0.25) is 0 Å². The van der Waals surface area contributed by atoms with Crippen molar-refractivity contribution in [1.82, 2.24) is 15.0 Å². The summed E-state index contributed by atoms with van der Waals surface area (Å²) in [5.41, 5.74) is 7.68. The van der Waals surface area contributed by atoms with Crippen LogP contribution in [0.25, 0.3) is 22.2 Å². The number of fused-ring (bicyclic) bond motifs is 1. The third kappa shape index (κ3) is 1.59. The SMILES string of the molecule is Nc1cccc2c(-c3ncncn3)cccc12. The highest BCUT2D eigenvalue weighted by Crippen LogP contribution is 2.28. The summed E-state index contributed by atoms with van der Waals surface area (Å²) < 4.78 is 0. The number of benzene rings is 2. The summed E-state index contributed by atoms with van der Waals surface area (Å²) in [5.74, 6) is 0.663. The summed E-state index contributed by atoms with van der Waals surface area (Å²) in [5, 5.41) is 2.07. The normalized spacial score (nSPS) is 10.6. The molecule has 0 aliphatic carbocycles. The van der Waals surface area contributed by atoms with Crippen molar-refractivity contribution in [2.45, 2.75) is 0 Å². The molecule has 4 heteroatoms. The Morgan fingerprint density at radius 2 is 1.53 bits per heavy atom. The van der Waals surface area contributed by atoms with Crippen LogP contribution in [-0.4, -0.2) is 15.0 Å². The molecule has 0 aliphatic heterocycles. The van der Waals surface area contributed by atoms with E-state index in [4.69, 9.17) is 5.73 Å². The van der Waals surface area contributed by atoms with Gasteiger partial charge in [0.05, 0.1) is 0 Å². The maximum Gasteiger partial charge on any atom is 0.163 e. The van der Waals surface area contributed by atoms with E-state index in [1.165, 1.54) is 12.7 Å². The van der Waals surface area contributed by atoms with Gasteiger partial charge < -0.3 is 5.73 Å². The maximum atomic E-state index is 5.95. The van der Waals surface area contributed by atoms with E-state index >= 15 is 0 Å². The van der Waals surface area contributed by atoms with Crippen LogP contribution in [0.2, 0.25) is 0 Å². The van der Waals surface area contributed by atoms with Gasteiger partial charge in [0, 0.05) is 16.6 Å². The van der Waals surface area contributed by atoms with Crippen LogP contribution in [0.5, 0.6) is 0 Å². The van der Waals surface area contributed by atoms with E-state index in [9.17, 15) is 0 Å². The lowest BCUT2D eigenvalue weighted by molar-refractivity contribution is 1.06. The summed E-state index contributed by atoms with van der Waals surface area (Å²) in [6.45, 7) is 0. The van der Waals surface area contributed by atoms with Gasteiger partial charge in [-0.25, -0.2) is 15.0 Å². The molecule has 0 saturated heterocycles. The van der Waals surface area contributed by atoms with E-state index in [0.29, 0.717) is 5.82 Å². The number of anilines is 1. The van der Waals surface area contributed by atoms with Gasteiger partial charge in [-0.15, -0.1) is 0 Å². The molecule has 82 valence electrons. The first-order valence-corrected chi connectivity index (χ1v) is 5.26. The molecule has 2 N–H and O–H groups in total. The standard InChI is InChI=1S/C13H10N4/c14-12-6-2-3-9-10(12)4-1-5-11(9)13-16-7-15-8-17-13/h1-8H,14H2. The summed E-state index contributed by atoms with van der Waals surface area (Å²) >= 11 is 0. The fourth-order valence-electron chi connectivity index (χ4n) is 1.91. The molecule has 0 spiro atoms. The second-order valence-corrected chi connectivity index (χ2v) is 3.71. The quantitative estimate of drug-likeness (QED) is 0.641. The molecule has 0 radical (unpaired) electrons. The number of aromatic nitrogens is 3. The van der Waals surface area contributed by atoms with Gasteiger partial charge in [-0.2, -0.15) is 0 Å². The Bertz CT molecular complexity index is 665. The molecule has 2 aromatic carbocycles. The van der Waals surface area contributed by atoms with Gasteiger partial charge in [-0.1, -0.05) is 30.3 Å². The molecular weight excluding hydrogens is 212 g/mol. The number of nitrogens with zero attached hydrogens (tertiary/aromatic N) is 3. The van der Waals surface area contributed by atoms with Crippen molar-refractivity contribution in [2.75, 3.05) is 5.73 Å². The zero-order chi connectivity index (χ0) is 11.7. The van der Waals surface area contributed by atoms with Gasteiger partial charge >= 0.3 is 0 Å². The highest BCUT2D eigenvalue weighted by atomic mass is 15.0. The number of nitrogen functional groups attached to an aromatic ring is 1. The van der Waals surface area contributed by atoms with Gasteiger partial charge in [-0.05, 0) is 11.5 Å². The van der Waals surface area contributed by atoms with E-state index in [2.05, 4.69) is 15.0 Å². The molecule has 4 nitrogen and oxygen atoms in total. The van der Waals surface area contributed by atoms with Crippen LogP contribution in [0.15, 0.2) is 49.1 Å². The van der Waals surface area contributed by atoms with Gasteiger partial charge in [0.2, 0.25) is 0 Å². The average Bonchev–Trinajstić information content (AvgIpc) is 2.40. The molecule has 0 amide bonds. The molecule has 1 heterocycles. The molecule has 0 bridgehead atoms. The van der Waals surface area contributed by atoms with Crippen LogP contribution in [0.4, 0.5) is 5.69 Å². The summed E-state index contributed by atoms with van der Waals surface area (Å²) in [6.07, 6.45) is 2.99. The maximum absolute atomic E-state index is 5.95. The van der Waals surface area contributed by atoms with Crippen molar-refractivity contribution < 1.29 is 0 Å². The molecule has 0 aliphatic rings. The molecule has 0 unspecified atom stereocenters. The Labute approximate surface area is 98.2 Å². The Morgan fingerprint density at radius 1 is 0.824 bits per heavy atom. The summed E-state index contributed by atoms with van der Waals surface area (Å²) in [7, 11) is 0. The van der Waals surface area contributed by atoms with Gasteiger partial charge in [0.15, 0.2) is 5.82 Å². The smallest absolute Gasteiger partial charge is 0.163 e. The second-order valence-electron chi connectivity index (χ2n) is 3.71. The minimum atomic E-state index is 0.663. The van der Waals surface area contributed by atoms with Crippen LogP contribution >= 0.6 is 0 Å². The van der Waals surface area contributed by atoms with Crippen LogP contribution in [0.1, 0.15) is 0 Å². The lowest BCUT2D eigenvalue weighted by Gasteiger charge is -2.06. The molecule has 0 atom stereocenters. The van der Waals surface area contributed by atoms with Crippen molar-refractivity contribution in [3.8, 4) is 11.4 Å². The predicted molar refractivity (Wildman–Crippen MR) is 67.2 cm³/mol. The Balaban J connectivity index is 2.35. The lowest BCUT2D eigenvalue weighted by atomic mass is 10.0. The number of hydrogen-bond acceptors (Lipinski definition) is 4. The highest BCUT2D eigenvalue weighted by molar-refractivity contribution is 6.01. The van der Waals surface area contributed by atoms with E-state index in [-0.39, 0.29) is 0 Å². The molecular formula is C13H10N4. The molecule has 17 heavy (non-hydrogen) atoms. The molecule has 3 aromatic rings. The average molecular weight is 222 g/mol. The van der Waals surface area contributed by atoms with Crippen molar-refractivity contribution >= 4 is 16.5 Å². The Morgan fingerprint density at radius 3 is 2.35 bits per heavy atom. The van der Waals surface area contributed by atoms with Crippen LogP contribution < -0.4 is 5.73 Å². The molecule has 3 rings (SSSR count). The molecule has 0 fully saturated rings. The molecule has 1 aromatic heterocycles. The summed E-state index contributed by atoms with van der Waals surface area (Å²) in [6, 6.07) is 11.8. The first-order valence-electron chi connectivity index (χ1n) is 5.26. The minimum absolute atomic E-state index is 0.663. The zero-order valence-corrected chi connectivity index (χ0v) is 9.04. The Hall–Kier alpha value is -2.49.